The van der Waals surface area contributed by atoms with Gasteiger partial charge in [0.2, 0.25) is 0 Å². The molecular weight excluding hydrogens is 251 g/mol. The molecular formula is C11H10Cl2O3. The number of hydrogen-bond acceptors (Lipinski definition) is 2. The van der Waals surface area contributed by atoms with Crippen molar-refractivity contribution in [3.63, 3.8) is 0 Å². The van der Waals surface area contributed by atoms with Crippen LogP contribution in [0.4, 0.5) is 0 Å². The first-order valence-corrected chi connectivity index (χ1v) is 5.69. The molecule has 1 N–H and O–H groups in total. The van der Waals surface area contributed by atoms with Gasteiger partial charge in [0.05, 0.1) is 22.6 Å². The molecule has 1 aromatic rings. The molecule has 0 bridgehead atoms. The Balaban J connectivity index is 2.52. The molecule has 1 heterocycles. The minimum absolute atomic E-state index is 0.358. The van der Waals surface area contributed by atoms with E-state index in [1.165, 1.54) is 0 Å². The van der Waals surface area contributed by atoms with Gasteiger partial charge in [0.25, 0.3) is 0 Å². The predicted molar refractivity (Wildman–Crippen MR) is 61.6 cm³/mol. The SMILES string of the molecule is O=C(O)C1CCCOc2cc(Cl)c(Cl)cc21. The van der Waals surface area contributed by atoms with E-state index in [9.17, 15) is 4.79 Å². The van der Waals surface area contributed by atoms with Crippen LogP contribution >= 0.6 is 23.2 Å². The first kappa shape index (κ1) is 11.6. The molecule has 1 aromatic carbocycles. The Labute approximate surface area is 103 Å². The summed E-state index contributed by atoms with van der Waals surface area (Å²) >= 11 is 11.8. The van der Waals surface area contributed by atoms with E-state index >= 15 is 0 Å². The van der Waals surface area contributed by atoms with Gasteiger partial charge in [-0.15, -0.1) is 0 Å². The van der Waals surface area contributed by atoms with Crippen molar-refractivity contribution in [2.75, 3.05) is 6.61 Å². The number of rotatable bonds is 1. The summed E-state index contributed by atoms with van der Waals surface area (Å²) in [5.41, 5.74) is 0.611. The van der Waals surface area contributed by atoms with Crippen molar-refractivity contribution < 1.29 is 14.6 Å². The van der Waals surface area contributed by atoms with Gasteiger partial charge in [-0.05, 0) is 18.9 Å². The van der Waals surface area contributed by atoms with Crippen molar-refractivity contribution in [3.8, 4) is 5.75 Å². The number of hydrogen-bond donors (Lipinski definition) is 1. The van der Waals surface area contributed by atoms with Crippen LogP contribution in [0.15, 0.2) is 12.1 Å². The molecule has 0 saturated carbocycles. The van der Waals surface area contributed by atoms with Gasteiger partial charge in [-0.25, -0.2) is 0 Å². The molecule has 86 valence electrons. The molecule has 0 saturated heterocycles. The van der Waals surface area contributed by atoms with Crippen LogP contribution in [0, 0.1) is 0 Å². The van der Waals surface area contributed by atoms with Crippen molar-refractivity contribution in [1.29, 1.82) is 0 Å². The van der Waals surface area contributed by atoms with E-state index in [1.54, 1.807) is 12.1 Å². The number of aliphatic carboxylic acids is 1. The lowest BCUT2D eigenvalue weighted by Crippen LogP contribution is -2.10. The van der Waals surface area contributed by atoms with Gasteiger partial charge in [0, 0.05) is 11.6 Å². The third-order valence-corrected chi connectivity index (χ3v) is 3.34. The Hall–Kier alpha value is -0.930. The molecule has 1 aliphatic heterocycles. The highest BCUT2D eigenvalue weighted by molar-refractivity contribution is 6.42. The third-order valence-electron chi connectivity index (χ3n) is 2.62. The number of carboxylic acid groups (broad SMARTS) is 1. The molecule has 0 amide bonds. The summed E-state index contributed by atoms with van der Waals surface area (Å²) in [6.07, 6.45) is 1.27. The van der Waals surface area contributed by atoms with Crippen molar-refractivity contribution >= 4 is 29.2 Å². The van der Waals surface area contributed by atoms with Crippen LogP contribution in [0.5, 0.6) is 5.75 Å². The van der Waals surface area contributed by atoms with E-state index in [2.05, 4.69) is 0 Å². The Morgan fingerprint density at radius 1 is 1.38 bits per heavy atom. The van der Waals surface area contributed by atoms with Gasteiger partial charge in [-0.3, -0.25) is 4.79 Å². The van der Waals surface area contributed by atoms with Gasteiger partial charge in [-0.2, -0.15) is 0 Å². The summed E-state index contributed by atoms with van der Waals surface area (Å²) in [7, 11) is 0. The Morgan fingerprint density at radius 2 is 2.06 bits per heavy atom. The summed E-state index contributed by atoms with van der Waals surface area (Å²) in [6, 6.07) is 3.17. The quantitative estimate of drug-likeness (QED) is 0.843. The zero-order valence-electron chi connectivity index (χ0n) is 8.37. The van der Waals surface area contributed by atoms with Crippen LogP contribution in [0.25, 0.3) is 0 Å². The number of fused-ring (bicyclic) bond motifs is 1. The monoisotopic (exact) mass is 260 g/mol. The van der Waals surface area contributed by atoms with Crippen LogP contribution < -0.4 is 4.74 Å². The average Bonchev–Trinajstić information content (AvgIpc) is 2.41. The highest BCUT2D eigenvalue weighted by Gasteiger charge is 2.26. The molecule has 0 fully saturated rings. The highest BCUT2D eigenvalue weighted by atomic mass is 35.5. The van der Waals surface area contributed by atoms with E-state index in [1.807, 2.05) is 0 Å². The molecule has 5 heteroatoms. The Morgan fingerprint density at radius 3 is 2.75 bits per heavy atom. The zero-order valence-corrected chi connectivity index (χ0v) is 9.88. The second-order valence-corrected chi connectivity index (χ2v) is 4.50. The second kappa shape index (κ2) is 4.52. The first-order chi connectivity index (χ1) is 7.59. The van der Waals surface area contributed by atoms with Crippen LogP contribution in [0.2, 0.25) is 10.0 Å². The van der Waals surface area contributed by atoms with Crippen LogP contribution in [0.1, 0.15) is 24.3 Å². The van der Waals surface area contributed by atoms with Gasteiger partial charge in [-0.1, -0.05) is 23.2 Å². The van der Waals surface area contributed by atoms with Crippen molar-refractivity contribution in [2.24, 2.45) is 0 Å². The maximum Gasteiger partial charge on any atom is 0.311 e. The minimum atomic E-state index is -0.856. The highest BCUT2D eigenvalue weighted by Crippen LogP contribution is 2.38. The second-order valence-electron chi connectivity index (χ2n) is 3.69. The summed E-state index contributed by atoms with van der Waals surface area (Å²) in [5, 5.41) is 9.88. The number of halogens is 2. The molecule has 16 heavy (non-hydrogen) atoms. The number of benzene rings is 1. The number of carbonyl (C=O) groups is 1. The smallest absolute Gasteiger partial charge is 0.311 e. The van der Waals surface area contributed by atoms with Crippen molar-refractivity contribution in [2.45, 2.75) is 18.8 Å². The molecule has 1 unspecified atom stereocenters. The van der Waals surface area contributed by atoms with Crippen molar-refractivity contribution in [3.05, 3.63) is 27.7 Å². The Bertz CT molecular complexity index is 431. The van der Waals surface area contributed by atoms with E-state index in [0.717, 1.165) is 0 Å². The molecule has 1 atom stereocenters. The molecule has 2 rings (SSSR count). The van der Waals surface area contributed by atoms with Crippen LogP contribution in [-0.2, 0) is 4.79 Å². The lowest BCUT2D eigenvalue weighted by atomic mass is 9.94. The normalized spacial score (nSPS) is 19.5. The molecule has 1 aliphatic rings. The van der Waals surface area contributed by atoms with E-state index in [-0.39, 0.29) is 0 Å². The topological polar surface area (TPSA) is 46.5 Å². The maximum absolute atomic E-state index is 11.1. The maximum atomic E-state index is 11.1. The van der Waals surface area contributed by atoms with E-state index < -0.39 is 11.9 Å². The standard InChI is InChI=1S/C11H10Cl2O3/c12-8-4-7-6(11(14)15)2-1-3-16-10(7)5-9(8)13/h4-6H,1-3H2,(H,14,15). The van der Waals surface area contributed by atoms with Gasteiger partial charge < -0.3 is 9.84 Å². The van der Waals surface area contributed by atoms with Gasteiger partial charge in [0.1, 0.15) is 5.75 Å². The Kier molecular flexibility index (Phi) is 3.26. The van der Waals surface area contributed by atoms with Crippen LogP contribution in [-0.4, -0.2) is 17.7 Å². The lowest BCUT2D eigenvalue weighted by molar-refractivity contribution is -0.138. The summed E-state index contributed by atoms with van der Waals surface area (Å²) in [6.45, 7) is 0.509. The largest absolute Gasteiger partial charge is 0.493 e. The summed E-state index contributed by atoms with van der Waals surface area (Å²) in [4.78, 5) is 11.1. The first-order valence-electron chi connectivity index (χ1n) is 4.94. The van der Waals surface area contributed by atoms with Gasteiger partial charge in [0.15, 0.2) is 0 Å². The average molecular weight is 261 g/mol. The fourth-order valence-corrected chi connectivity index (χ4v) is 2.15. The van der Waals surface area contributed by atoms with E-state index in [4.69, 9.17) is 33.0 Å². The lowest BCUT2D eigenvalue weighted by Gasteiger charge is -2.13. The number of ether oxygens (including phenoxy) is 1. The molecule has 0 aliphatic carbocycles. The van der Waals surface area contributed by atoms with Crippen LogP contribution in [0.3, 0.4) is 0 Å². The predicted octanol–water partition coefficient (Wildman–Crippen LogP) is 3.33. The fraction of sp³-hybridized carbons (Fsp3) is 0.364. The van der Waals surface area contributed by atoms with Gasteiger partial charge >= 0.3 is 5.97 Å². The minimum Gasteiger partial charge on any atom is -0.493 e. The fourth-order valence-electron chi connectivity index (χ4n) is 1.82. The van der Waals surface area contributed by atoms with Crippen molar-refractivity contribution in [1.82, 2.24) is 0 Å². The molecule has 0 radical (unpaired) electrons. The van der Waals surface area contributed by atoms with E-state index in [0.29, 0.717) is 40.8 Å². The molecule has 0 spiro atoms. The zero-order chi connectivity index (χ0) is 11.7. The summed E-state index contributed by atoms with van der Waals surface area (Å²) in [5.74, 6) is -0.892. The summed E-state index contributed by atoms with van der Waals surface area (Å²) < 4.78 is 5.46. The molecule has 3 nitrogen and oxygen atoms in total. The third kappa shape index (κ3) is 2.11. The number of carboxylic acids is 1. The molecule has 0 aromatic heterocycles.